The van der Waals surface area contributed by atoms with E-state index >= 15 is 0 Å². The zero-order valence-corrected chi connectivity index (χ0v) is 18.5. The fourth-order valence-electron chi connectivity index (χ4n) is 4.04. The van der Waals surface area contributed by atoms with Crippen LogP contribution in [0.3, 0.4) is 0 Å². The van der Waals surface area contributed by atoms with Crippen molar-refractivity contribution in [2.24, 2.45) is 0 Å². The number of benzene rings is 1. The normalized spacial score (nSPS) is 13.6. The quantitative estimate of drug-likeness (QED) is 0.463. The fourth-order valence-corrected chi connectivity index (χ4v) is 4.26. The number of pyridine rings is 1. The van der Waals surface area contributed by atoms with Crippen molar-refractivity contribution < 1.29 is 9.18 Å². The summed E-state index contributed by atoms with van der Waals surface area (Å²) in [5, 5.41) is 13.1. The number of anilines is 1. The monoisotopic (exact) mass is 452 g/mol. The van der Waals surface area contributed by atoms with Crippen LogP contribution in [0.4, 0.5) is 10.2 Å². The van der Waals surface area contributed by atoms with Gasteiger partial charge in [0.25, 0.3) is 0 Å². The Kier molecular flexibility index (Phi) is 5.17. The average molecular weight is 453 g/mol. The lowest BCUT2D eigenvalue weighted by Crippen LogP contribution is -2.20. The van der Waals surface area contributed by atoms with Gasteiger partial charge in [0.15, 0.2) is 11.5 Å². The van der Waals surface area contributed by atoms with Crippen LogP contribution in [0.1, 0.15) is 41.3 Å². The lowest BCUT2D eigenvalue weighted by molar-refractivity contribution is -0.116. The molecule has 9 heteroatoms. The topological polar surface area (TPSA) is 77.6 Å². The molecule has 1 saturated carbocycles. The molecular weight excluding hydrogens is 431 g/mol. The van der Waals surface area contributed by atoms with Crippen LogP contribution in [0.25, 0.3) is 11.0 Å². The molecule has 4 aromatic rings. The highest BCUT2D eigenvalue weighted by atomic mass is 35.5. The predicted octanol–water partition coefficient (Wildman–Crippen LogP) is 4.60. The number of aryl methyl sites for hydroxylation is 2. The van der Waals surface area contributed by atoms with Crippen LogP contribution in [0, 0.1) is 19.7 Å². The van der Waals surface area contributed by atoms with Crippen molar-refractivity contribution >= 4 is 34.4 Å². The lowest BCUT2D eigenvalue weighted by atomic mass is 10.1. The number of halogens is 2. The minimum Gasteiger partial charge on any atom is -0.308 e. The molecule has 0 spiro atoms. The fraction of sp³-hybridized carbons (Fsp3) is 0.304. The third kappa shape index (κ3) is 3.86. The molecule has 7 nitrogen and oxygen atoms in total. The van der Waals surface area contributed by atoms with Crippen molar-refractivity contribution in [2.45, 2.75) is 45.7 Å². The first-order chi connectivity index (χ1) is 15.4. The number of aromatic nitrogens is 5. The maximum Gasteiger partial charge on any atom is 0.247 e. The smallest absolute Gasteiger partial charge is 0.247 e. The van der Waals surface area contributed by atoms with Crippen LogP contribution in [0.5, 0.6) is 0 Å². The number of rotatable bonds is 6. The van der Waals surface area contributed by atoms with Gasteiger partial charge in [0.05, 0.1) is 12.2 Å². The molecule has 0 atom stereocenters. The number of amides is 1. The molecule has 0 saturated heterocycles. The molecule has 1 aliphatic rings. The molecule has 0 radical (unpaired) electrons. The van der Waals surface area contributed by atoms with Crippen molar-refractivity contribution in [3.05, 3.63) is 69.9 Å². The van der Waals surface area contributed by atoms with Crippen LogP contribution >= 0.6 is 11.6 Å². The number of hydrogen-bond donors (Lipinski definition) is 1. The summed E-state index contributed by atoms with van der Waals surface area (Å²) in [5.74, 6) is 0.305. The van der Waals surface area contributed by atoms with Crippen LogP contribution in [-0.4, -0.2) is 30.5 Å². The lowest BCUT2D eigenvalue weighted by Gasteiger charge is -2.08. The second-order valence-electron chi connectivity index (χ2n) is 8.19. The second kappa shape index (κ2) is 8.02. The van der Waals surface area contributed by atoms with Crippen LogP contribution in [0.2, 0.25) is 5.02 Å². The van der Waals surface area contributed by atoms with Crippen molar-refractivity contribution in [3.8, 4) is 0 Å². The van der Waals surface area contributed by atoms with E-state index in [-0.39, 0.29) is 19.0 Å². The summed E-state index contributed by atoms with van der Waals surface area (Å²) in [6.45, 7) is 3.98. The molecule has 164 valence electrons. The van der Waals surface area contributed by atoms with Crippen LogP contribution < -0.4 is 5.32 Å². The Morgan fingerprint density at radius 1 is 1.22 bits per heavy atom. The summed E-state index contributed by atoms with van der Waals surface area (Å²) >= 11 is 6.13. The van der Waals surface area contributed by atoms with Crippen molar-refractivity contribution in [3.63, 3.8) is 0 Å². The van der Waals surface area contributed by atoms with E-state index in [9.17, 15) is 9.18 Å². The zero-order valence-electron chi connectivity index (χ0n) is 17.8. The Bertz CT molecular complexity index is 1320. The second-order valence-corrected chi connectivity index (χ2v) is 8.60. The Balaban J connectivity index is 1.33. The van der Waals surface area contributed by atoms with Crippen molar-refractivity contribution in [1.29, 1.82) is 0 Å². The third-order valence-corrected chi connectivity index (χ3v) is 6.12. The first kappa shape index (κ1) is 20.6. The van der Waals surface area contributed by atoms with E-state index in [1.165, 1.54) is 24.5 Å². The van der Waals surface area contributed by atoms with Crippen LogP contribution in [-0.2, 0) is 17.9 Å². The van der Waals surface area contributed by atoms with Gasteiger partial charge in [0.2, 0.25) is 5.91 Å². The average Bonchev–Trinajstić information content (AvgIpc) is 3.47. The summed E-state index contributed by atoms with van der Waals surface area (Å²) in [6, 6.07) is 8.35. The van der Waals surface area contributed by atoms with Gasteiger partial charge in [-0.15, -0.1) is 0 Å². The Morgan fingerprint density at radius 2 is 2.03 bits per heavy atom. The molecule has 1 amide bonds. The number of carbonyl (C=O) groups excluding carboxylic acids is 1. The molecule has 1 N–H and O–H groups in total. The van der Waals surface area contributed by atoms with E-state index in [1.54, 1.807) is 33.8 Å². The molecule has 0 unspecified atom stereocenters. The Labute approximate surface area is 189 Å². The Morgan fingerprint density at radius 3 is 2.78 bits per heavy atom. The van der Waals surface area contributed by atoms with Gasteiger partial charge < -0.3 is 5.32 Å². The summed E-state index contributed by atoms with van der Waals surface area (Å²) in [4.78, 5) is 17.2. The van der Waals surface area contributed by atoms with E-state index in [1.807, 2.05) is 13.8 Å². The first-order valence-electron chi connectivity index (χ1n) is 10.5. The number of hydrogen-bond acceptors (Lipinski definition) is 4. The summed E-state index contributed by atoms with van der Waals surface area (Å²) in [7, 11) is 0. The van der Waals surface area contributed by atoms with Crippen molar-refractivity contribution in [1.82, 2.24) is 24.5 Å². The first-order valence-corrected chi connectivity index (χ1v) is 10.9. The molecule has 32 heavy (non-hydrogen) atoms. The SMILES string of the molecule is Cc1nn(CC(=O)Nc2cc(C)n(Cc3c(F)cccc3Cl)n2)c2nccc(C3CC3)c12. The van der Waals surface area contributed by atoms with E-state index < -0.39 is 5.82 Å². The minimum atomic E-state index is -0.392. The summed E-state index contributed by atoms with van der Waals surface area (Å²) in [6.07, 6.45) is 4.15. The summed E-state index contributed by atoms with van der Waals surface area (Å²) in [5.41, 5.74) is 3.99. The Hall–Kier alpha value is -3.26. The molecule has 1 fully saturated rings. The third-order valence-electron chi connectivity index (χ3n) is 5.77. The molecule has 1 aromatic carbocycles. The standard InChI is InChI=1S/C23H22ClFN6O/c1-13-10-20(29-30(13)11-17-18(24)4-3-5-19(17)25)27-21(32)12-31-23-22(14(2)28-31)16(8-9-26-23)15-6-7-15/h3-5,8-10,15H,6-7,11-12H2,1-2H3,(H,27,29,32). The number of carbonyl (C=O) groups is 1. The van der Waals surface area contributed by atoms with Gasteiger partial charge in [-0.05, 0) is 56.4 Å². The van der Waals surface area contributed by atoms with Gasteiger partial charge in [0.1, 0.15) is 12.4 Å². The van der Waals surface area contributed by atoms with Gasteiger partial charge >= 0.3 is 0 Å². The van der Waals surface area contributed by atoms with Crippen molar-refractivity contribution in [2.75, 3.05) is 5.32 Å². The number of nitrogens with one attached hydrogen (secondary N) is 1. The highest BCUT2D eigenvalue weighted by Crippen LogP contribution is 2.43. The zero-order chi connectivity index (χ0) is 22.4. The highest BCUT2D eigenvalue weighted by Gasteiger charge is 2.27. The van der Waals surface area contributed by atoms with Gasteiger partial charge in [-0.2, -0.15) is 10.2 Å². The molecule has 3 aromatic heterocycles. The molecular formula is C23H22ClFN6O. The maximum absolute atomic E-state index is 14.1. The molecule has 5 rings (SSSR count). The minimum absolute atomic E-state index is 0.0243. The summed E-state index contributed by atoms with van der Waals surface area (Å²) < 4.78 is 17.4. The maximum atomic E-state index is 14.1. The largest absolute Gasteiger partial charge is 0.308 e. The molecule has 1 aliphatic carbocycles. The predicted molar refractivity (Wildman–Crippen MR) is 120 cm³/mol. The van der Waals surface area contributed by atoms with Crippen LogP contribution in [0.15, 0.2) is 36.5 Å². The molecule has 0 bridgehead atoms. The highest BCUT2D eigenvalue weighted by molar-refractivity contribution is 6.31. The van der Waals surface area contributed by atoms with Gasteiger partial charge in [-0.3, -0.25) is 9.48 Å². The number of fused-ring (bicyclic) bond motifs is 1. The van der Waals surface area contributed by atoms with E-state index in [4.69, 9.17) is 11.6 Å². The van der Waals surface area contributed by atoms with E-state index in [2.05, 4.69) is 26.6 Å². The van der Waals surface area contributed by atoms with E-state index in [0.29, 0.717) is 22.3 Å². The van der Waals surface area contributed by atoms with Gasteiger partial charge in [0, 0.05) is 33.9 Å². The molecule has 0 aliphatic heterocycles. The van der Waals surface area contributed by atoms with Gasteiger partial charge in [-0.25, -0.2) is 14.1 Å². The van der Waals surface area contributed by atoms with E-state index in [0.717, 1.165) is 22.4 Å². The van der Waals surface area contributed by atoms with Gasteiger partial charge in [-0.1, -0.05) is 17.7 Å². The molecule has 3 heterocycles. The number of nitrogens with zero attached hydrogens (tertiary/aromatic N) is 5.